The molecule has 0 aliphatic carbocycles. The van der Waals surface area contributed by atoms with Gasteiger partial charge in [-0.1, -0.05) is 6.07 Å². The van der Waals surface area contributed by atoms with E-state index < -0.39 is 12.7 Å². The summed E-state index contributed by atoms with van der Waals surface area (Å²) in [6.07, 6.45) is -2.74. The largest absolute Gasteiger partial charge is 0.497 e. The monoisotopic (exact) mass is 516 g/mol. The lowest BCUT2D eigenvalue weighted by Gasteiger charge is -2.19. The summed E-state index contributed by atoms with van der Waals surface area (Å²) in [5, 5.41) is 6.34. The van der Waals surface area contributed by atoms with Crippen LogP contribution in [0.15, 0.2) is 29.3 Å². The third-order valence-corrected chi connectivity index (χ3v) is 4.16. The maximum atomic E-state index is 12.5. The molecule has 1 aliphatic rings. The predicted octanol–water partition coefficient (Wildman–Crippen LogP) is 2.88. The molecule has 1 heterocycles. The molecule has 1 aromatic carbocycles. The fourth-order valence-corrected chi connectivity index (χ4v) is 2.90. The van der Waals surface area contributed by atoms with Crippen molar-refractivity contribution in [2.45, 2.75) is 25.1 Å². The Hall–Kier alpha value is -1.43. The Morgan fingerprint density at radius 3 is 2.75 bits per heavy atom. The Morgan fingerprint density at radius 2 is 2.07 bits per heavy atom. The number of hydrogen-bond acceptors (Lipinski definition) is 4. The number of nitrogens with zero attached hydrogens (tertiary/aromatic N) is 2. The summed E-state index contributed by atoms with van der Waals surface area (Å²) in [7, 11) is 3.25. The maximum absolute atomic E-state index is 12.5. The number of alkyl halides is 3. The van der Waals surface area contributed by atoms with Crippen molar-refractivity contribution in [2.24, 2.45) is 4.99 Å². The summed E-state index contributed by atoms with van der Waals surface area (Å²) in [6, 6.07) is 7.36. The second-order valence-electron chi connectivity index (χ2n) is 6.36. The zero-order chi connectivity index (χ0) is 19.7. The van der Waals surface area contributed by atoms with Crippen molar-refractivity contribution in [3.05, 3.63) is 24.3 Å². The molecule has 1 saturated heterocycles. The van der Waals surface area contributed by atoms with E-state index in [2.05, 4.69) is 15.6 Å². The number of halogens is 4. The SMILES string of the molecule is CN=C(NCCCOc1cccc(OC)c1)NC1CCN(CC(F)(F)F)C1.I. The van der Waals surface area contributed by atoms with Gasteiger partial charge in [0.2, 0.25) is 0 Å². The molecule has 0 spiro atoms. The Labute approximate surface area is 180 Å². The maximum Gasteiger partial charge on any atom is 0.401 e. The lowest BCUT2D eigenvalue weighted by Crippen LogP contribution is -2.45. The molecule has 1 unspecified atom stereocenters. The Bertz CT molecular complexity index is 617. The summed E-state index contributed by atoms with van der Waals surface area (Å²) < 4.78 is 48.2. The molecule has 1 atom stereocenters. The fourth-order valence-electron chi connectivity index (χ4n) is 2.90. The van der Waals surface area contributed by atoms with Crippen molar-refractivity contribution < 1.29 is 22.6 Å². The molecule has 6 nitrogen and oxygen atoms in total. The van der Waals surface area contributed by atoms with Crippen molar-refractivity contribution in [2.75, 3.05) is 46.9 Å². The highest BCUT2D eigenvalue weighted by Crippen LogP contribution is 2.20. The molecule has 0 aromatic heterocycles. The quantitative estimate of drug-likeness (QED) is 0.241. The molecule has 1 aromatic rings. The number of hydrogen-bond donors (Lipinski definition) is 2. The molecule has 1 fully saturated rings. The molecule has 160 valence electrons. The number of aliphatic imine (C=N–C) groups is 1. The molecular weight excluding hydrogens is 488 g/mol. The van der Waals surface area contributed by atoms with Gasteiger partial charge >= 0.3 is 6.18 Å². The highest BCUT2D eigenvalue weighted by Gasteiger charge is 2.34. The minimum Gasteiger partial charge on any atom is -0.497 e. The van der Waals surface area contributed by atoms with E-state index in [-0.39, 0.29) is 30.0 Å². The molecule has 0 bridgehead atoms. The van der Waals surface area contributed by atoms with Gasteiger partial charge in [-0.3, -0.25) is 9.89 Å². The van der Waals surface area contributed by atoms with Gasteiger partial charge in [0.15, 0.2) is 5.96 Å². The number of nitrogens with one attached hydrogen (secondary N) is 2. The molecule has 0 radical (unpaired) electrons. The molecule has 1 aliphatic heterocycles. The number of methoxy groups -OCH3 is 1. The minimum absolute atomic E-state index is 0. The van der Waals surface area contributed by atoms with Crippen molar-refractivity contribution in [3.63, 3.8) is 0 Å². The second-order valence-corrected chi connectivity index (χ2v) is 6.36. The standard InChI is InChI=1S/C18H27F3N4O2.HI/c1-22-17(24-14-7-9-25(12-14)13-18(19,20)21)23-8-4-10-27-16-6-3-5-15(11-16)26-2;/h3,5-6,11,14H,4,7-10,12-13H2,1-2H3,(H2,22,23,24);1H. The van der Waals surface area contributed by atoms with E-state index in [4.69, 9.17) is 9.47 Å². The van der Waals surface area contributed by atoms with E-state index >= 15 is 0 Å². The summed E-state index contributed by atoms with van der Waals surface area (Å²) in [5.41, 5.74) is 0. The molecule has 0 saturated carbocycles. The molecular formula is C18H28F3IN4O2. The average Bonchev–Trinajstić information content (AvgIpc) is 3.05. The van der Waals surface area contributed by atoms with Crippen LogP contribution < -0.4 is 20.1 Å². The smallest absolute Gasteiger partial charge is 0.401 e. The van der Waals surface area contributed by atoms with E-state index in [1.54, 1.807) is 14.2 Å². The van der Waals surface area contributed by atoms with E-state index in [0.717, 1.165) is 17.9 Å². The van der Waals surface area contributed by atoms with Gasteiger partial charge in [-0.15, -0.1) is 24.0 Å². The lowest BCUT2D eigenvalue weighted by atomic mass is 10.3. The zero-order valence-corrected chi connectivity index (χ0v) is 18.4. The Balaban J connectivity index is 0.00000392. The first kappa shape index (κ1) is 24.6. The fraction of sp³-hybridized carbons (Fsp3) is 0.611. The Morgan fingerprint density at radius 1 is 1.32 bits per heavy atom. The van der Waals surface area contributed by atoms with Crippen LogP contribution in [-0.2, 0) is 0 Å². The first-order valence-electron chi connectivity index (χ1n) is 8.93. The number of guanidine groups is 1. The van der Waals surface area contributed by atoms with Gasteiger partial charge in [-0.25, -0.2) is 0 Å². The van der Waals surface area contributed by atoms with Crippen molar-refractivity contribution in [1.82, 2.24) is 15.5 Å². The average molecular weight is 516 g/mol. The predicted molar refractivity (Wildman–Crippen MR) is 114 cm³/mol. The first-order chi connectivity index (χ1) is 12.9. The topological polar surface area (TPSA) is 58.1 Å². The van der Waals surface area contributed by atoms with Gasteiger partial charge in [0, 0.05) is 38.8 Å². The van der Waals surface area contributed by atoms with Gasteiger partial charge in [0.05, 0.1) is 20.3 Å². The third-order valence-electron chi connectivity index (χ3n) is 4.16. The molecule has 2 N–H and O–H groups in total. The van der Waals surface area contributed by atoms with Gasteiger partial charge in [0.1, 0.15) is 11.5 Å². The summed E-state index contributed by atoms with van der Waals surface area (Å²) in [6.45, 7) is 1.10. The van der Waals surface area contributed by atoms with Crippen LogP contribution in [0.2, 0.25) is 0 Å². The lowest BCUT2D eigenvalue weighted by molar-refractivity contribution is -0.143. The van der Waals surface area contributed by atoms with Crippen LogP contribution in [0.1, 0.15) is 12.8 Å². The molecule has 2 rings (SSSR count). The van der Waals surface area contributed by atoms with Gasteiger partial charge in [0.25, 0.3) is 0 Å². The summed E-state index contributed by atoms with van der Waals surface area (Å²) in [5.74, 6) is 2.08. The normalized spacial score (nSPS) is 17.8. The van der Waals surface area contributed by atoms with Crippen molar-refractivity contribution >= 4 is 29.9 Å². The van der Waals surface area contributed by atoms with E-state index in [0.29, 0.717) is 38.6 Å². The van der Waals surface area contributed by atoms with Crippen LogP contribution in [0, 0.1) is 0 Å². The molecule has 10 heteroatoms. The summed E-state index contributed by atoms with van der Waals surface area (Å²) in [4.78, 5) is 5.54. The first-order valence-corrected chi connectivity index (χ1v) is 8.93. The van der Waals surface area contributed by atoms with Gasteiger partial charge in [-0.05, 0) is 25.0 Å². The van der Waals surface area contributed by atoms with Crippen LogP contribution in [-0.4, -0.2) is 70.0 Å². The minimum atomic E-state index is -4.16. The van der Waals surface area contributed by atoms with E-state index in [1.807, 2.05) is 24.3 Å². The number of rotatable bonds is 8. The number of ether oxygens (including phenoxy) is 2. The van der Waals surface area contributed by atoms with Crippen LogP contribution in [0.25, 0.3) is 0 Å². The number of benzene rings is 1. The Kier molecular flexibility index (Phi) is 10.7. The molecule has 0 amide bonds. The highest BCUT2D eigenvalue weighted by molar-refractivity contribution is 14.0. The third kappa shape index (κ3) is 9.18. The van der Waals surface area contributed by atoms with Gasteiger partial charge in [-0.2, -0.15) is 13.2 Å². The number of likely N-dealkylation sites (tertiary alicyclic amines) is 1. The van der Waals surface area contributed by atoms with Crippen molar-refractivity contribution in [1.29, 1.82) is 0 Å². The van der Waals surface area contributed by atoms with Crippen LogP contribution in [0.5, 0.6) is 11.5 Å². The highest BCUT2D eigenvalue weighted by atomic mass is 127. The van der Waals surface area contributed by atoms with Crippen molar-refractivity contribution in [3.8, 4) is 11.5 Å². The van der Waals surface area contributed by atoms with E-state index in [9.17, 15) is 13.2 Å². The second kappa shape index (κ2) is 12.2. The molecule has 28 heavy (non-hydrogen) atoms. The summed E-state index contributed by atoms with van der Waals surface area (Å²) >= 11 is 0. The van der Waals surface area contributed by atoms with Gasteiger partial charge < -0.3 is 20.1 Å². The van der Waals surface area contributed by atoms with E-state index in [1.165, 1.54) is 4.90 Å². The van der Waals surface area contributed by atoms with Crippen LogP contribution in [0.3, 0.4) is 0 Å². The zero-order valence-electron chi connectivity index (χ0n) is 16.1. The van der Waals surface area contributed by atoms with Crippen LogP contribution in [0.4, 0.5) is 13.2 Å². The van der Waals surface area contributed by atoms with Crippen LogP contribution >= 0.6 is 24.0 Å².